The summed E-state index contributed by atoms with van der Waals surface area (Å²) in [6.07, 6.45) is 4.75. The first-order valence-electron chi connectivity index (χ1n) is 7.44. The zero-order valence-corrected chi connectivity index (χ0v) is 13.2. The molecule has 0 aliphatic carbocycles. The summed E-state index contributed by atoms with van der Waals surface area (Å²) in [7, 11) is 1.55. The van der Waals surface area contributed by atoms with Crippen molar-refractivity contribution in [2.75, 3.05) is 12.4 Å². The highest BCUT2D eigenvalue weighted by molar-refractivity contribution is 6.04. The van der Waals surface area contributed by atoms with E-state index in [9.17, 15) is 4.79 Å². The van der Waals surface area contributed by atoms with E-state index in [0.29, 0.717) is 23.0 Å². The van der Waals surface area contributed by atoms with E-state index in [1.54, 1.807) is 48.5 Å². The lowest BCUT2D eigenvalue weighted by Crippen LogP contribution is -2.13. The molecule has 0 saturated heterocycles. The van der Waals surface area contributed by atoms with Crippen LogP contribution in [-0.2, 0) is 0 Å². The van der Waals surface area contributed by atoms with Gasteiger partial charge in [0, 0.05) is 23.8 Å². The van der Waals surface area contributed by atoms with Crippen molar-refractivity contribution in [2.45, 2.75) is 0 Å². The molecule has 0 saturated carbocycles. The number of anilines is 1. The van der Waals surface area contributed by atoms with E-state index >= 15 is 0 Å². The Morgan fingerprint density at radius 3 is 2.96 bits per heavy atom. The predicted molar refractivity (Wildman–Crippen MR) is 89.9 cm³/mol. The van der Waals surface area contributed by atoms with Gasteiger partial charge in [0.15, 0.2) is 22.9 Å². The van der Waals surface area contributed by atoms with Crippen LogP contribution in [0.4, 0.5) is 5.82 Å². The van der Waals surface area contributed by atoms with Gasteiger partial charge in [-0.3, -0.25) is 4.79 Å². The van der Waals surface area contributed by atoms with Gasteiger partial charge in [-0.15, -0.1) is 0 Å². The molecule has 4 aromatic rings. The Hall–Kier alpha value is -3.68. The molecule has 0 atom stereocenters. The van der Waals surface area contributed by atoms with Crippen molar-refractivity contribution in [3.63, 3.8) is 0 Å². The quantitative estimate of drug-likeness (QED) is 0.616. The second kappa shape index (κ2) is 6.08. The third-order valence-corrected chi connectivity index (χ3v) is 3.59. The maximum absolute atomic E-state index is 12.5. The van der Waals surface area contributed by atoms with Gasteiger partial charge in [-0.2, -0.15) is 5.10 Å². The number of methoxy groups -OCH3 is 1. The van der Waals surface area contributed by atoms with Crippen molar-refractivity contribution >= 4 is 22.7 Å². The summed E-state index contributed by atoms with van der Waals surface area (Å²) in [5.74, 6) is 1.21. The number of aromatic nitrogens is 4. The summed E-state index contributed by atoms with van der Waals surface area (Å²) in [4.78, 5) is 20.6. The second-order valence-electron chi connectivity index (χ2n) is 5.16. The molecule has 4 rings (SSSR count). The minimum absolute atomic E-state index is 0.166. The van der Waals surface area contributed by atoms with Crippen molar-refractivity contribution in [1.82, 2.24) is 19.7 Å². The first-order valence-corrected chi connectivity index (χ1v) is 7.44. The van der Waals surface area contributed by atoms with Gasteiger partial charge in [0.2, 0.25) is 0 Å². The van der Waals surface area contributed by atoms with Crippen molar-refractivity contribution < 1.29 is 13.9 Å². The summed E-state index contributed by atoms with van der Waals surface area (Å²) < 4.78 is 12.4. The highest BCUT2D eigenvalue weighted by Crippen LogP contribution is 2.28. The first kappa shape index (κ1) is 14.9. The molecule has 3 heterocycles. The number of fused-ring (bicyclic) bond motifs is 1. The lowest BCUT2D eigenvalue weighted by atomic mass is 10.2. The molecule has 1 N–H and O–H groups in total. The number of ether oxygens (including phenoxy) is 1. The molecule has 1 aromatic carbocycles. The van der Waals surface area contributed by atoms with E-state index in [2.05, 4.69) is 20.4 Å². The number of carbonyl (C=O) groups is 1. The number of benzene rings is 1. The fraction of sp³-hybridized carbons (Fsp3) is 0.0588. The molecule has 0 aliphatic rings. The SMILES string of the molecule is COc1cccc2cc(C(=O)Nc3cc(-n4cccn4)ncn3)oc12. The number of para-hydroxylation sites is 1. The molecule has 3 aromatic heterocycles. The molecule has 0 bridgehead atoms. The molecular formula is C17H13N5O3. The third-order valence-electron chi connectivity index (χ3n) is 3.59. The van der Waals surface area contributed by atoms with Crippen LogP contribution < -0.4 is 10.1 Å². The number of furan rings is 1. The maximum Gasteiger partial charge on any atom is 0.292 e. The maximum atomic E-state index is 12.5. The average molecular weight is 335 g/mol. The van der Waals surface area contributed by atoms with Crippen LogP contribution in [0, 0.1) is 0 Å². The lowest BCUT2D eigenvalue weighted by molar-refractivity contribution is 0.0998. The van der Waals surface area contributed by atoms with E-state index in [4.69, 9.17) is 9.15 Å². The third kappa shape index (κ3) is 2.80. The number of rotatable bonds is 4. The molecule has 8 nitrogen and oxygen atoms in total. The highest BCUT2D eigenvalue weighted by Gasteiger charge is 2.15. The molecule has 0 unspecified atom stereocenters. The zero-order valence-electron chi connectivity index (χ0n) is 13.2. The number of hydrogen-bond acceptors (Lipinski definition) is 6. The zero-order chi connectivity index (χ0) is 17.2. The van der Waals surface area contributed by atoms with Crippen LogP contribution in [0.25, 0.3) is 16.8 Å². The van der Waals surface area contributed by atoms with Crippen molar-refractivity contribution in [3.8, 4) is 11.6 Å². The molecule has 1 amide bonds. The predicted octanol–water partition coefficient (Wildman–Crippen LogP) is 2.67. The van der Waals surface area contributed by atoms with Gasteiger partial charge in [0.1, 0.15) is 12.1 Å². The smallest absolute Gasteiger partial charge is 0.292 e. The number of nitrogens with one attached hydrogen (secondary N) is 1. The van der Waals surface area contributed by atoms with Crippen LogP contribution in [0.1, 0.15) is 10.6 Å². The van der Waals surface area contributed by atoms with Gasteiger partial charge < -0.3 is 14.5 Å². The van der Waals surface area contributed by atoms with E-state index in [1.807, 2.05) is 12.1 Å². The van der Waals surface area contributed by atoms with Crippen LogP contribution in [0.15, 0.2) is 59.5 Å². The van der Waals surface area contributed by atoms with Gasteiger partial charge in [-0.1, -0.05) is 12.1 Å². The Morgan fingerprint density at radius 1 is 1.24 bits per heavy atom. The minimum Gasteiger partial charge on any atom is -0.493 e. The Labute approximate surface area is 142 Å². The Morgan fingerprint density at radius 2 is 2.16 bits per heavy atom. The summed E-state index contributed by atoms with van der Waals surface area (Å²) in [6.45, 7) is 0. The molecule has 8 heteroatoms. The Bertz CT molecular complexity index is 1040. The molecule has 0 spiro atoms. The summed E-state index contributed by atoms with van der Waals surface area (Å²) in [5, 5.41) is 7.57. The summed E-state index contributed by atoms with van der Waals surface area (Å²) in [5.41, 5.74) is 0.523. The molecule has 124 valence electrons. The molecule has 0 aliphatic heterocycles. The topological polar surface area (TPSA) is 95.1 Å². The summed E-state index contributed by atoms with van der Waals surface area (Å²) >= 11 is 0. The van der Waals surface area contributed by atoms with E-state index in [0.717, 1.165) is 5.39 Å². The van der Waals surface area contributed by atoms with Crippen LogP contribution in [0.2, 0.25) is 0 Å². The molecule has 0 radical (unpaired) electrons. The standard InChI is InChI=1S/C17H13N5O3/c1-24-12-5-2-4-11-8-13(25-16(11)12)17(23)21-14-9-15(19-10-18-14)22-7-3-6-20-22/h2-10H,1H3,(H,18,19,21,23). The summed E-state index contributed by atoms with van der Waals surface area (Å²) in [6, 6.07) is 10.5. The van der Waals surface area contributed by atoms with E-state index in [-0.39, 0.29) is 5.76 Å². The van der Waals surface area contributed by atoms with Crippen molar-refractivity contribution in [1.29, 1.82) is 0 Å². The van der Waals surface area contributed by atoms with Crippen LogP contribution in [0.5, 0.6) is 5.75 Å². The van der Waals surface area contributed by atoms with E-state index in [1.165, 1.54) is 6.33 Å². The van der Waals surface area contributed by atoms with Gasteiger partial charge in [0.25, 0.3) is 5.91 Å². The van der Waals surface area contributed by atoms with E-state index < -0.39 is 5.91 Å². The minimum atomic E-state index is -0.414. The van der Waals surface area contributed by atoms with Gasteiger partial charge in [0.05, 0.1) is 7.11 Å². The number of carbonyl (C=O) groups excluding carboxylic acids is 1. The van der Waals surface area contributed by atoms with Crippen LogP contribution in [0.3, 0.4) is 0 Å². The average Bonchev–Trinajstić information content (AvgIpc) is 3.31. The largest absolute Gasteiger partial charge is 0.493 e. The Kier molecular flexibility index (Phi) is 3.62. The molecule has 25 heavy (non-hydrogen) atoms. The van der Waals surface area contributed by atoms with Gasteiger partial charge in [-0.05, 0) is 18.2 Å². The second-order valence-corrected chi connectivity index (χ2v) is 5.16. The first-order chi connectivity index (χ1) is 12.2. The monoisotopic (exact) mass is 335 g/mol. The molecular weight excluding hydrogens is 322 g/mol. The Balaban J connectivity index is 1.61. The highest BCUT2D eigenvalue weighted by atomic mass is 16.5. The normalized spacial score (nSPS) is 10.8. The fourth-order valence-electron chi connectivity index (χ4n) is 2.43. The van der Waals surface area contributed by atoms with Crippen LogP contribution in [-0.4, -0.2) is 32.8 Å². The number of nitrogens with zero attached hydrogens (tertiary/aromatic N) is 4. The van der Waals surface area contributed by atoms with Crippen molar-refractivity contribution in [2.24, 2.45) is 0 Å². The number of hydrogen-bond donors (Lipinski definition) is 1. The van der Waals surface area contributed by atoms with Gasteiger partial charge >= 0.3 is 0 Å². The van der Waals surface area contributed by atoms with Crippen molar-refractivity contribution in [3.05, 3.63) is 60.9 Å². The molecule has 0 fully saturated rings. The fourth-order valence-corrected chi connectivity index (χ4v) is 2.43. The number of amides is 1. The lowest BCUT2D eigenvalue weighted by Gasteiger charge is -2.04. The van der Waals surface area contributed by atoms with Crippen LogP contribution >= 0.6 is 0 Å². The van der Waals surface area contributed by atoms with Gasteiger partial charge in [-0.25, -0.2) is 14.6 Å².